The van der Waals surface area contributed by atoms with Crippen LogP contribution in [0, 0.1) is 0 Å². The minimum absolute atomic E-state index is 0.0160. The Morgan fingerprint density at radius 3 is 1.55 bits per heavy atom. The van der Waals surface area contributed by atoms with Gasteiger partial charge in [0.25, 0.3) is 0 Å². The van der Waals surface area contributed by atoms with Crippen LogP contribution in [0.5, 0.6) is 5.75 Å². The third-order valence-corrected chi connectivity index (χ3v) is 5.39. The lowest BCUT2D eigenvalue weighted by atomic mass is 9.85. The van der Waals surface area contributed by atoms with E-state index in [4.69, 9.17) is 0 Å². The zero-order chi connectivity index (χ0) is 29.8. The molecule has 0 atom stereocenters. The molecule has 0 fully saturated rings. The van der Waals surface area contributed by atoms with Gasteiger partial charge in [-0.15, -0.1) is 0 Å². The standard InChI is InChI=1S/C23H18F13NO/c1-17(2,3)15-6-4-5-12(16(15)38)11-37-14-9-7-13(8-10-14)18(24,25)19(26,27)20(28,29)21(30,31)22(32,33)23(34,35)36/h4-11,38H,1-3H3. The largest absolute Gasteiger partial charge is 0.507 e. The number of aromatic hydroxyl groups is 1. The molecule has 0 aliphatic carbocycles. The highest BCUT2D eigenvalue weighted by Crippen LogP contribution is 2.62. The van der Waals surface area contributed by atoms with Gasteiger partial charge in [-0.05, 0) is 29.2 Å². The van der Waals surface area contributed by atoms with Gasteiger partial charge in [-0.2, -0.15) is 57.1 Å². The van der Waals surface area contributed by atoms with Gasteiger partial charge < -0.3 is 5.11 Å². The molecule has 1 N–H and O–H groups in total. The fraction of sp³-hybridized carbons (Fsp3) is 0.435. The lowest BCUT2D eigenvalue weighted by Gasteiger charge is -2.39. The van der Waals surface area contributed by atoms with Gasteiger partial charge in [-0.3, -0.25) is 4.99 Å². The van der Waals surface area contributed by atoms with E-state index in [1.807, 2.05) is 0 Å². The number of hydrogen-bond donors (Lipinski definition) is 1. The third kappa shape index (κ3) is 4.91. The van der Waals surface area contributed by atoms with E-state index in [9.17, 15) is 62.2 Å². The zero-order valence-electron chi connectivity index (χ0n) is 19.4. The first-order valence-electron chi connectivity index (χ1n) is 10.3. The maximum absolute atomic E-state index is 14.3. The monoisotopic (exact) mass is 571 g/mol. The summed E-state index contributed by atoms with van der Waals surface area (Å²) in [6.07, 6.45) is -6.44. The van der Waals surface area contributed by atoms with Crippen LogP contribution in [0.15, 0.2) is 47.5 Å². The predicted octanol–water partition coefficient (Wildman–Crippen LogP) is 8.64. The molecule has 0 aliphatic heterocycles. The fourth-order valence-corrected chi connectivity index (χ4v) is 3.12. The molecule has 2 aromatic carbocycles. The zero-order valence-corrected chi connectivity index (χ0v) is 19.4. The molecule has 212 valence electrons. The van der Waals surface area contributed by atoms with Gasteiger partial charge in [0.1, 0.15) is 5.75 Å². The third-order valence-electron chi connectivity index (χ3n) is 5.39. The van der Waals surface area contributed by atoms with Crippen LogP contribution in [0.25, 0.3) is 0 Å². The number of alkyl halides is 13. The number of para-hydroxylation sites is 1. The van der Waals surface area contributed by atoms with Gasteiger partial charge in [0.15, 0.2) is 0 Å². The summed E-state index contributed by atoms with van der Waals surface area (Å²) in [4.78, 5) is 3.78. The van der Waals surface area contributed by atoms with Crippen LogP contribution in [0.3, 0.4) is 0 Å². The van der Waals surface area contributed by atoms with Crippen molar-refractivity contribution in [2.75, 3.05) is 0 Å². The molecule has 0 spiro atoms. The maximum atomic E-state index is 14.3. The Bertz CT molecular complexity index is 1180. The highest BCUT2D eigenvalue weighted by Gasteiger charge is 2.90. The highest BCUT2D eigenvalue weighted by molar-refractivity contribution is 5.86. The first-order valence-corrected chi connectivity index (χ1v) is 10.3. The SMILES string of the molecule is CC(C)(C)c1cccc(C=Nc2ccc(C(F)(F)C(F)(F)C(F)(F)C(F)(F)C(F)(F)C(F)(F)F)cc2)c1O. The van der Waals surface area contributed by atoms with Gasteiger partial charge in [-0.25, -0.2) is 0 Å². The van der Waals surface area contributed by atoms with Crippen molar-refractivity contribution in [3.05, 3.63) is 59.2 Å². The number of halogens is 13. The van der Waals surface area contributed by atoms with E-state index in [1.54, 1.807) is 32.9 Å². The molecule has 2 rings (SSSR count). The number of benzene rings is 2. The van der Waals surface area contributed by atoms with E-state index in [2.05, 4.69) is 4.99 Å². The first-order chi connectivity index (χ1) is 16.8. The van der Waals surface area contributed by atoms with E-state index in [0.717, 1.165) is 6.21 Å². The molecule has 0 aromatic heterocycles. The first kappa shape index (κ1) is 31.2. The second-order valence-electron chi connectivity index (χ2n) is 9.17. The molecule has 0 aliphatic rings. The molecule has 2 aromatic rings. The Balaban J connectivity index is 2.43. The van der Waals surface area contributed by atoms with Crippen LogP contribution in [0.2, 0.25) is 0 Å². The summed E-state index contributed by atoms with van der Waals surface area (Å²) in [5.74, 6) is -37.6. The van der Waals surface area contributed by atoms with Crippen LogP contribution < -0.4 is 0 Å². The molecule has 0 unspecified atom stereocenters. The van der Waals surface area contributed by atoms with Gasteiger partial charge >= 0.3 is 35.8 Å². The summed E-state index contributed by atoms with van der Waals surface area (Å²) < 4.78 is 173. The second-order valence-corrected chi connectivity index (χ2v) is 9.17. The van der Waals surface area contributed by atoms with Crippen molar-refractivity contribution in [1.29, 1.82) is 0 Å². The summed E-state index contributed by atoms with van der Waals surface area (Å²) in [5.41, 5.74) is -2.28. The van der Waals surface area contributed by atoms with Crippen molar-refractivity contribution in [3.8, 4) is 5.75 Å². The van der Waals surface area contributed by atoms with Crippen molar-refractivity contribution >= 4 is 11.9 Å². The summed E-state index contributed by atoms with van der Waals surface area (Å²) in [6, 6.07) is 5.64. The van der Waals surface area contributed by atoms with E-state index in [1.165, 1.54) is 6.07 Å². The summed E-state index contributed by atoms with van der Waals surface area (Å²) in [6.45, 7) is 5.34. The van der Waals surface area contributed by atoms with Gasteiger partial charge in [-0.1, -0.05) is 45.0 Å². The Morgan fingerprint density at radius 1 is 0.632 bits per heavy atom. The van der Waals surface area contributed by atoms with Crippen molar-refractivity contribution in [1.82, 2.24) is 0 Å². The Labute approximate surface area is 206 Å². The van der Waals surface area contributed by atoms with Crippen molar-refractivity contribution in [3.63, 3.8) is 0 Å². The van der Waals surface area contributed by atoms with Gasteiger partial charge in [0.05, 0.1) is 5.69 Å². The predicted molar refractivity (Wildman–Crippen MR) is 110 cm³/mol. The lowest BCUT2D eigenvalue weighted by Crippen LogP contribution is -2.69. The van der Waals surface area contributed by atoms with E-state index in [0.29, 0.717) is 17.7 Å². The van der Waals surface area contributed by atoms with Crippen molar-refractivity contribution in [2.24, 2.45) is 4.99 Å². The molecular weight excluding hydrogens is 553 g/mol. The average Bonchev–Trinajstić information content (AvgIpc) is 2.76. The Kier molecular flexibility index (Phi) is 7.66. The van der Waals surface area contributed by atoms with Crippen molar-refractivity contribution < 1.29 is 62.2 Å². The minimum atomic E-state index is -7.96. The number of rotatable bonds is 7. The smallest absolute Gasteiger partial charge is 0.460 e. The van der Waals surface area contributed by atoms with Crippen molar-refractivity contribution in [2.45, 2.75) is 62.0 Å². The van der Waals surface area contributed by atoms with Crippen LogP contribution in [-0.2, 0) is 11.3 Å². The van der Waals surface area contributed by atoms with Crippen LogP contribution in [0.4, 0.5) is 62.8 Å². The van der Waals surface area contributed by atoms with E-state index < -0.39 is 46.8 Å². The normalized spacial score (nSPS) is 14.8. The molecule has 0 amide bonds. The number of hydrogen-bond acceptors (Lipinski definition) is 2. The van der Waals surface area contributed by atoms with Gasteiger partial charge in [0.2, 0.25) is 0 Å². The Hall–Kier alpha value is -3.00. The highest BCUT2D eigenvalue weighted by atomic mass is 19.4. The van der Waals surface area contributed by atoms with Crippen LogP contribution >= 0.6 is 0 Å². The number of phenolic OH excluding ortho intramolecular Hbond substituents is 1. The quantitative estimate of drug-likeness (QED) is 0.262. The molecular formula is C23H18F13NO. The van der Waals surface area contributed by atoms with Crippen LogP contribution in [0.1, 0.15) is 37.5 Å². The number of aliphatic imine (C=N–C) groups is 1. The molecule has 0 saturated heterocycles. The maximum Gasteiger partial charge on any atom is 0.460 e. The van der Waals surface area contributed by atoms with E-state index >= 15 is 0 Å². The Morgan fingerprint density at radius 2 is 1.11 bits per heavy atom. The fourth-order valence-electron chi connectivity index (χ4n) is 3.12. The summed E-state index contributed by atoms with van der Waals surface area (Å²) in [5, 5.41) is 10.4. The average molecular weight is 571 g/mol. The summed E-state index contributed by atoms with van der Waals surface area (Å²) in [7, 11) is 0. The lowest BCUT2D eigenvalue weighted by molar-refractivity contribution is -0.441. The molecule has 0 bridgehead atoms. The van der Waals surface area contributed by atoms with Gasteiger partial charge in [0, 0.05) is 17.3 Å². The minimum Gasteiger partial charge on any atom is -0.507 e. The number of nitrogens with zero attached hydrogens (tertiary/aromatic N) is 1. The molecule has 0 heterocycles. The topological polar surface area (TPSA) is 32.6 Å². The molecule has 0 radical (unpaired) electrons. The molecule has 15 heteroatoms. The molecule has 2 nitrogen and oxygen atoms in total. The molecule has 38 heavy (non-hydrogen) atoms. The van der Waals surface area contributed by atoms with Crippen LogP contribution in [-0.4, -0.2) is 41.2 Å². The number of phenols is 1. The summed E-state index contributed by atoms with van der Waals surface area (Å²) >= 11 is 0. The van der Waals surface area contributed by atoms with E-state index in [-0.39, 0.29) is 29.1 Å². The molecule has 0 saturated carbocycles. The second kappa shape index (κ2) is 9.33.